The van der Waals surface area contributed by atoms with Gasteiger partial charge in [0, 0.05) is 45.0 Å². The lowest BCUT2D eigenvalue weighted by molar-refractivity contribution is 0.232. The van der Waals surface area contributed by atoms with Crippen LogP contribution in [0, 0.1) is 0 Å². The molecule has 0 aliphatic carbocycles. The number of aromatic nitrogens is 2. The molecule has 1 aliphatic rings. The molecule has 0 unspecified atom stereocenters. The molecule has 6 heteroatoms. The lowest BCUT2D eigenvalue weighted by Crippen LogP contribution is -2.44. The minimum absolute atomic E-state index is 0.130. The third-order valence-corrected chi connectivity index (χ3v) is 3.13. The normalized spacial score (nSPS) is 16.4. The quantitative estimate of drug-likeness (QED) is 0.725. The number of nitrogens with one attached hydrogen (secondary N) is 2. The van der Waals surface area contributed by atoms with Crippen molar-refractivity contribution in [1.82, 2.24) is 20.2 Å². The number of rotatable bonds is 7. The van der Waals surface area contributed by atoms with Crippen LogP contribution < -0.4 is 15.4 Å². The number of hydrogen-bond donors (Lipinski definition) is 2. The van der Waals surface area contributed by atoms with Crippen molar-refractivity contribution in [3.05, 3.63) is 12.3 Å². The summed E-state index contributed by atoms with van der Waals surface area (Å²) < 4.78 is 5.55. The molecule has 112 valence electrons. The van der Waals surface area contributed by atoms with Crippen molar-refractivity contribution in [3.63, 3.8) is 0 Å². The van der Waals surface area contributed by atoms with Crippen LogP contribution in [0.4, 0.5) is 5.95 Å². The van der Waals surface area contributed by atoms with Crippen LogP contribution in [-0.2, 0) is 0 Å². The molecule has 2 N–H and O–H groups in total. The second-order valence-corrected chi connectivity index (χ2v) is 5.26. The molecule has 0 atom stereocenters. The Bertz CT molecular complexity index is 393. The van der Waals surface area contributed by atoms with Gasteiger partial charge in [0.05, 0.1) is 6.10 Å². The van der Waals surface area contributed by atoms with Crippen molar-refractivity contribution in [3.8, 4) is 5.88 Å². The number of nitrogens with zero attached hydrogens (tertiary/aromatic N) is 3. The van der Waals surface area contributed by atoms with Crippen LogP contribution in [0.3, 0.4) is 0 Å². The Morgan fingerprint density at radius 2 is 2.20 bits per heavy atom. The lowest BCUT2D eigenvalue weighted by atomic mass is 10.3. The molecule has 1 aromatic heterocycles. The summed E-state index contributed by atoms with van der Waals surface area (Å²) in [6, 6.07) is 1.78. The van der Waals surface area contributed by atoms with Crippen LogP contribution in [0.25, 0.3) is 0 Å². The van der Waals surface area contributed by atoms with Gasteiger partial charge in [-0.05, 0) is 26.8 Å². The summed E-state index contributed by atoms with van der Waals surface area (Å²) in [4.78, 5) is 11.0. The Kier molecular flexibility index (Phi) is 6.01. The monoisotopic (exact) mass is 279 g/mol. The Balaban J connectivity index is 1.68. The molecule has 0 amide bonds. The first kappa shape index (κ1) is 15.0. The van der Waals surface area contributed by atoms with E-state index in [0.29, 0.717) is 11.8 Å². The molecule has 0 radical (unpaired) electrons. The molecule has 1 fully saturated rings. The highest BCUT2D eigenvalue weighted by molar-refractivity contribution is 5.27. The molecule has 0 spiro atoms. The van der Waals surface area contributed by atoms with Gasteiger partial charge in [0.15, 0.2) is 0 Å². The molecule has 1 saturated heterocycles. The van der Waals surface area contributed by atoms with Crippen LogP contribution in [0.15, 0.2) is 12.3 Å². The summed E-state index contributed by atoms with van der Waals surface area (Å²) in [5, 5.41) is 6.61. The topological polar surface area (TPSA) is 62.3 Å². The van der Waals surface area contributed by atoms with Crippen LogP contribution in [0.5, 0.6) is 5.88 Å². The predicted molar refractivity (Wildman–Crippen MR) is 80.2 cm³/mol. The first-order valence-corrected chi connectivity index (χ1v) is 7.40. The first-order valence-electron chi connectivity index (χ1n) is 7.40. The zero-order valence-corrected chi connectivity index (χ0v) is 12.4. The maximum atomic E-state index is 5.55. The summed E-state index contributed by atoms with van der Waals surface area (Å²) in [6.07, 6.45) is 2.95. The van der Waals surface area contributed by atoms with Gasteiger partial charge in [0.25, 0.3) is 0 Å². The average Bonchev–Trinajstić information content (AvgIpc) is 2.44. The highest BCUT2D eigenvalue weighted by atomic mass is 16.5. The summed E-state index contributed by atoms with van der Waals surface area (Å²) >= 11 is 0. The van der Waals surface area contributed by atoms with Gasteiger partial charge >= 0.3 is 0 Å². The maximum absolute atomic E-state index is 5.55. The fraction of sp³-hybridized carbons (Fsp3) is 0.714. The molecular formula is C14H25N5O. The van der Waals surface area contributed by atoms with Gasteiger partial charge in [-0.25, -0.2) is 4.98 Å². The molecule has 0 saturated carbocycles. The predicted octanol–water partition coefficient (Wildman–Crippen LogP) is 0.971. The minimum atomic E-state index is 0.130. The molecule has 0 bridgehead atoms. The first-order chi connectivity index (χ1) is 9.74. The summed E-state index contributed by atoms with van der Waals surface area (Å²) in [6.45, 7) is 10.5. The molecule has 1 aliphatic heterocycles. The third-order valence-electron chi connectivity index (χ3n) is 3.13. The van der Waals surface area contributed by atoms with Gasteiger partial charge in [-0.3, -0.25) is 0 Å². The fourth-order valence-electron chi connectivity index (χ4n) is 2.17. The Labute approximate surface area is 120 Å². The number of ether oxygens (including phenoxy) is 1. The van der Waals surface area contributed by atoms with E-state index in [4.69, 9.17) is 4.74 Å². The van der Waals surface area contributed by atoms with Crippen LogP contribution in [-0.4, -0.2) is 60.2 Å². The van der Waals surface area contributed by atoms with Crippen molar-refractivity contribution in [1.29, 1.82) is 0 Å². The molecule has 1 aromatic rings. The van der Waals surface area contributed by atoms with Gasteiger partial charge in [-0.2, -0.15) is 4.98 Å². The molecule has 2 rings (SSSR count). The summed E-state index contributed by atoms with van der Waals surface area (Å²) in [7, 11) is 0. The Hall–Kier alpha value is -1.40. The Morgan fingerprint density at radius 1 is 1.40 bits per heavy atom. The highest BCUT2D eigenvalue weighted by Gasteiger charge is 2.08. The molecule has 6 nitrogen and oxygen atoms in total. The van der Waals surface area contributed by atoms with E-state index < -0.39 is 0 Å². The summed E-state index contributed by atoms with van der Waals surface area (Å²) in [5.41, 5.74) is 0. The third kappa shape index (κ3) is 5.30. The van der Waals surface area contributed by atoms with E-state index in [2.05, 4.69) is 25.5 Å². The highest BCUT2D eigenvalue weighted by Crippen LogP contribution is 2.10. The molecule has 2 heterocycles. The van der Waals surface area contributed by atoms with E-state index in [9.17, 15) is 0 Å². The lowest BCUT2D eigenvalue weighted by Gasteiger charge is -2.27. The summed E-state index contributed by atoms with van der Waals surface area (Å²) in [5.74, 6) is 1.27. The van der Waals surface area contributed by atoms with Gasteiger partial charge in [-0.1, -0.05) is 0 Å². The fourth-order valence-corrected chi connectivity index (χ4v) is 2.17. The van der Waals surface area contributed by atoms with Gasteiger partial charge in [0.1, 0.15) is 0 Å². The van der Waals surface area contributed by atoms with Crippen molar-refractivity contribution >= 4 is 5.95 Å². The molecular weight excluding hydrogens is 254 g/mol. The van der Waals surface area contributed by atoms with E-state index in [1.165, 1.54) is 0 Å². The average molecular weight is 279 g/mol. The van der Waals surface area contributed by atoms with Crippen LogP contribution in [0.1, 0.15) is 20.3 Å². The second kappa shape index (κ2) is 8.01. The van der Waals surface area contributed by atoms with Gasteiger partial charge in [0.2, 0.25) is 11.8 Å². The Morgan fingerprint density at radius 3 is 2.95 bits per heavy atom. The van der Waals surface area contributed by atoms with Crippen molar-refractivity contribution < 1.29 is 4.74 Å². The van der Waals surface area contributed by atoms with E-state index >= 15 is 0 Å². The van der Waals surface area contributed by atoms with Gasteiger partial charge < -0.3 is 20.3 Å². The van der Waals surface area contributed by atoms with Crippen LogP contribution in [0.2, 0.25) is 0 Å². The minimum Gasteiger partial charge on any atom is -0.475 e. The van der Waals surface area contributed by atoms with Crippen molar-refractivity contribution in [2.45, 2.75) is 26.4 Å². The van der Waals surface area contributed by atoms with Crippen molar-refractivity contribution in [2.75, 3.05) is 44.6 Å². The second-order valence-electron chi connectivity index (χ2n) is 5.26. The van der Waals surface area contributed by atoms with E-state index in [1.54, 1.807) is 12.3 Å². The number of anilines is 1. The molecule has 0 aromatic carbocycles. The largest absolute Gasteiger partial charge is 0.475 e. The van der Waals surface area contributed by atoms with E-state index in [1.807, 2.05) is 13.8 Å². The maximum Gasteiger partial charge on any atom is 0.225 e. The van der Waals surface area contributed by atoms with E-state index in [-0.39, 0.29) is 6.10 Å². The van der Waals surface area contributed by atoms with Gasteiger partial charge in [-0.15, -0.1) is 0 Å². The zero-order valence-electron chi connectivity index (χ0n) is 12.4. The van der Waals surface area contributed by atoms with E-state index in [0.717, 1.165) is 45.7 Å². The molecule has 20 heavy (non-hydrogen) atoms. The SMILES string of the molecule is CC(C)Oc1ccnc(NCCCN2CCNCC2)n1. The standard InChI is InChI=1S/C14H25N5O/c1-12(2)20-13-4-6-17-14(18-13)16-5-3-9-19-10-7-15-8-11-19/h4,6,12,15H,3,5,7-11H2,1-2H3,(H,16,17,18). The van der Waals surface area contributed by atoms with Crippen LogP contribution >= 0.6 is 0 Å². The number of piperazine rings is 1. The number of hydrogen-bond acceptors (Lipinski definition) is 6. The smallest absolute Gasteiger partial charge is 0.225 e. The van der Waals surface area contributed by atoms with Crippen molar-refractivity contribution in [2.24, 2.45) is 0 Å². The zero-order chi connectivity index (χ0) is 14.2.